The Balaban J connectivity index is 1.07. The highest BCUT2D eigenvalue weighted by molar-refractivity contribution is 6.10. The van der Waals surface area contributed by atoms with Crippen LogP contribution in [0.15, 0.2) is 121 Å². The van der Waals surface area contributed by atoms with Crippen LogP contribution in [0, 0.1) is 13.8 Å². The molecule has 2 aromatic heterocycles. The number of ether oxygens (including phenoxy) is 2. The number of para-hydroxylation sites is 2. The van der Waals surface area contributed by atoms with E-state index in [1.54, 1.807) is 0 Å². The quantitative estimate of drug-likeness (QED) is 0.185. The summed E-state index contributed by atoms with van der Waals surface area (Å²) in [6.07, 6.45) is 0.487. The Morgan fingerprint density at radius 2 is 0.870 bits per heavy atom. The summed E-state index contributed by atoms with van der Waals surface area (Å²) in [5, 5.41) is 5.10. The highest BCUT2D eigenvalue weighted by Crippen LogP contribution is 2.40. The van der Waals surface area contributed by atoms with Crippen molar-refractivity contribution in [1.82, 2.24) is 9.13 Å². The number of hydrogen-bond acceptors (Lipinski definition) is 2. The van der Waals surface area contributed by atoms with Gasteiger partial charge in [-0.25, -0.2) is 0 Å². The number of benzene rings is 6. The Morgan fingerprint density at radius 3 is 1.28 bits per heavy atom. The van der Waals surface area contributed by atoms with Gasteiger partial charge in [0.1, 0.15) is 12.2 Å². The number of aryl methyl sites for hydroxylation is 2. The van der Waals surface area contributed by atoms with Gasteiger partial charge < -0.3 is 18.6 Å². The predicted molar refractivity (Wildman–Crippen MR) is 187 cm³/mol. The minimum absolute atomic E-state index is 0.243. The Morgan fingerprint density at radius 1 is 0.457 bits per heavy atom. The lowest BCUT2D eigenvalue weighted by molar-refractivity contribution is 0.415. The molecule has 0 amide bonds. The van der Waals surface area contributed by atoms with Crippen molar-refractivity contribution in [2.45, 2.75) is 26.1 Å². The van der Waals surface area contributed by atoms with Gasteiger partial charge >= 0.3 is 0 Å². The Bertz CT molecular complexity index is 2350. The van der Waals surface area contributed by atoms with Crippen molar-refractivity contribution in [2.75, 3.05) is 13.2 Å². The molecule has 2 unspecified atom stereocenters. The van der Waals surface area contributed by atoms with E-state index in [0.29, 0.717) is 0 Å². The SMILES string of the molecule is Cc1cc(-n2c3ccccc3c3cc(C4CO4)ccc32)ccc1-c1ccc(-n2c3ccccc3c3cc(C4CO4)ccc32)cc1C. The predicted octanol–water partition coefficient (Wildman–Crippen LogP) is 10.3. The minimum Gasteiger partial charge on any atom is -0.368 e. The molecule has 0 bridgehead atoms. The van der Waals surface area contributed by atoms with E-state index in [-0.39, 0.29) is 12.2 Å². The van der Waals surface area contributed by atoms with Crippen LogP contribution in [-0.4, -0.2) is 22.3 Å². The van der Waals surface area contributed by atoms with Gasteiger partial charge in [0, 0.05) is 32.9 Å². The summed E-state index contributed by atoms with van der Waals surface area (Å²) in [6.45, 7) is 6.11. The number of nitrogens with zero attached hydrogens (tertiary/aromatic N) is 2. The van der Waals surface area contributed by atoms with Crippen LogP contribution in [0.3, 0.4) is 0 Å². The molecule has 222 valence electrons. The van der Waals surface area contributed by atoms with Crippen molar-refractivity contribution < 1.29 is 9.47 Å². The number of aromatic nitrogens is 2. The van der Waals surface area contributed by atoms with Gasteiger partial charge in [0.25, 0.3) is 0 Å². The minimum atomic E-state index is 0.243. The maximum Gasteiger partial charge on any atom is 0.106 e. The van der Waals surface area contributed by atoms with Crippen LogP contribution in [-0.2, 0) is 9.47 Å². The van der Waals surface area contributed by atoms with Gasteiger partial charge in [-0.1, -0.05) is 60.7 Å². The Kier molecular flexibility index (Phi) is 5.49. The monoisotopic (exact) mass is 596 g/mol. The first-order valence-electron chi connectivity index (χ1n) is 16.1. The molecule has 4 heteroatoms. The van der Waals surface area contributed by atoms with Gasteiger partial charge in [0.05, 0.1) is 35.3 Å². The van der Waals surface area contributed by atoms with Crippen molar-refractivity contribution in [3.63, 3.8) is 0 Å². The van der Waals surface area contributed by atoms with Crippen LogP contribution in [0.1, 0.15) is 34.5 Å². The van der Waals surface area contributed by atoms with Crippen LogP contribution in [0.2, 0.25) is 0 Å². The fourth-order valence-electron chi connectivity index (χ4n) is 7.60. The zero-order chi connectivity index (χ0) is 30.5. The maximum atomic E-state index is 5.60. The van der Waals surface area contributed by atoms with Crippen molar-refractivity contribution in [3.8, 4) is 22.5 Å². The van der Waals surface area contributed by atoms with Gasteiger partial charge in [0.2, 0.25) is 0 Å². The molecule has 0 aliphatic carbocycles. The zero-order valence-corrected chi connectivity index (χ0v) is 25.8. The van der Waals surface area contributed by atoms with Crippen molar-refractivity contribution in [3.05, 3.63) is 144 Å². The molecule has 8 aromatic rings. The molecule has 4 nitrogen and oxygen atoms in total. The normalized spacial score (nSPS) is 17.4. The summed E-state index contributed by atoms with van der Waals surface area (Å²) in [4.78, 5) is 0. The molecule has 2 saturated heterocycles. The molecule has 2 aliphatic rings. The summed E-state index contributed by atoms with van der Waals surface area (Å²) in [7, 11) is 0. The van der Waals surface area contributed by atoms with Crippen molar-refractivity contribution in [1.29, 1.82) is 0 Å². The van der Waals surface area contributed by atoms with Gasteiger partial charge in [-0.3, -0.25) is 0 Å². The fourth-order valence-corrected chi connectivity index (χ4v) is 7.60. The smallest absolute Gasteiger partial charge is 0.106 e. The molecule has 0 spiro atoms. The molecule has 0 saturated carbocycles. The van der Waals surface area contributed by atoms with Gasteiger partial charge in [-0.05, 0) is 108 Å². The average Bonchev–Trinajstić information content (AvgIpc) is 4.03. The second-order valence-electron chi connectivity index (χ2n) is 12.9. The van der Waals surface area contributed by atoms with E-state index in [1.165, 1.54) is 88.4 Å². The first-order chi connectivity index (χ1) is 22.6. The van der Waals surface area contributed by atoms with E-state index >= 15 is 0 Å². The van der Waals surface area contributed by atoms with Crippen LogP contribution < -0.4 is 0 Å². The highest BCUT2D eigenvalue weighted by atomic mass is 16.6. The molecular weight excluding hydrogens is 564 g/mol. The number of fused-ring (bicyclic) bond motifs is 6. The van der Waals surface area contributed by atoms with E-state index in [0.717, 1.165) is 13.2 Å². The highest BCUT2D eigenvalue weighted by Gasteiger charge is 2.27. The molecule has 0 N–H and O–H groups in total. The van der Waals surface area contributed by atoms with Crippen LogP contribution in [0.25, 0.3) is 66.1 Å². The molecule has 10 rings (SSSR count). The third kappa shape index (κ3) is 3.94. The summed E-state index contributed by atoms with van der Waals surface area (Å²) >= 11 is 0. The average molecular weight is 597 g/mol. The van der Waals surface area contributed by atoms with Gasteiger partial charge in [-0.15, -0.1) is 0 Å². The molecule has 0 radical (unpaired) electrons. The molecule has 2 atom stereocenters. The van der Waals surface area contributed by atoms with Gasteiger partial charge in [-0.2, -0.15) is 0 Å². The maximum absolute atomic E-state index is 5.60. The van der Waals surface area contributed by atoms with Crippen molar-refractivity contribution >= 4 is 43.6 Å². The van der Waals surface area contributed by atoms with Gasteiger partial charge in [0.15, 0.2) is 0 Å². The van der Waals surface area contributed by atoms with Crippen LogP contribution in [0.4, 0.5) is 0 Å². The Hall–Kier alpha value is -5.16. The largest absolute Gasteiger partial charge is 0.368 e. The van der Waals surface area contributed by atoms with E-state index < -0.39 is 0 Å². The lowest BCUT2D eigenvalue weighted by Gasteiger charge is -2.16. The lowest BCUT2D eigenvalue weighted by atomic mass is 9.95. The number of epoxide rings is 2. The number of hydrogen-bond donors (Lipinski definition) is 0. The second-order valence-corrected chi connectivity index (χ2v) is 12.9. The first-order valence-corrected chi connectivity index (χ1v) is 16.1. The molecule has 2 fully saturated rings. The molecule has 2 aliphatic heterocycles. The standard InChI is InChI=1S/C42H32N2O2/c1-25-19-29(43-37-9-5-3-7-33(37)35-21-27(41-23-45-41)11-17-39(35)43)13-15-31(25)32-16-14-30(20-26(32)2)44-38-10-6-4-8-34(38)36-22-28(42-24-46-42)12-18-40(36)44/h3-22,41-42H,23-24H2,1-2H3. The summed E-state index contributed by atoms with van der Waals surface area (Å²) in [5.74, 6) is 0. The molecular formula is C42H32N2O2. The van der Waals surface area contributed by atoms with E-state index in [9.17, 15) is 0 Å². The third-order valence-electron chi connectivity index (χ3n) is 10.0. The number of rotatable bonds is 5. The molecule has 46 heavy (non-hydrogen) atoms. The van der Waals surface area contributed by atoms with Crippen LogP contribution in [0.5, 0.6) is 0 Å². The molecule has 6 aromatic carbocycles. The zero-order valence-electron chi connectivity index (χ0n) is 25.8. The first kappa shape index (κ1) is 26.1. The second kappa shape index (κ2) is 9.67. The van der Waals surface area contributed by atoms with Crippen LogP contribution >= 0.6 is 0 Å². The van der Waals surface area contributed by atoms with E-state index in [2.05, 4.69) is 144 Å². The summed E-state index contributed by atoms with van der Waals surface area (Å²) in [6, 6.07) is 44.8. The van der Waals surface area contributed by atoms with E-state index in [1.807, 2.05) is 0 Å². The van der Waals surface area contributed by atoms with Crippen molar-refractivity contribution in [2.24, 2.45) is 0 Å². The molecule has 4 heterocycles. The fraction of sp³-hybridized carbons (Fsp3) is 0.143. The Labute approximate surface area is 267 Å². The summed E-state index contributed by atoms with van der Waals surface area (Å²) < 4.78 is 16.0. The third-order valence-corrected chi connectivity index (χ3v) is 10.0. The lowest BCUT2D eigenvalue weighted by Crippen LogP contribution is -1.98. The van der Waals surface area contributed by atoms with E-state index in [4.69, 9.17) is 9.47 Å². The topological polar surface area (TPSA) is 34.9 Å². The summed E-state index contributed by atoms with van der Waals surface area (Å²) in [5.41, 5.74) is 14.8.